The van der Waals surface area contributed by atoms with Crippen LogP contribution >= 0.6 is 0 Å². The van der Waals surface area contributed by atoms with Gasteiger partial charge in [-0.1, -0.05) is 25.9 Å². The quantitative estimate of drug-likeness (QED) is 0.653. The molecule has 1 amide bonds. The van der Waals surface area contributed by atoms with Crippen LogP contribution in [0.1, 0.15) is 45.1 Å². The van der Waals surface area contributed by atoms with Gasteiger partial charge in [-0.25, -0.2) is 0 Å². The number of carbonyl (C=O) groups is 1. The monoisotopic (exact) mass is 394 g/mol. The summed E-state index contributed by atoms with van der Waals surface area (Å²) in [6.07, 6.45) is 1.10. The molecule has 3 heterocycles. The molecule has 0 aromatic carbocycles. The largest absolute Gasteiger partial charge is 0.390 e. The molecule has 0 bridgehead atoms. The van der Waals surface area contributed by atoms with Crippen LogP contribution in [0.25, 0.3) is 0 Å². The van der Waals surface area contributed by atoms with Crippen molar-refractivity contribution in [3.8, 4) is 0 Å². The first-order valence-electron chi connectivity index (χ1n) is 10.3. The number of aromatic nitrogens is 1. The topological polar surface area (TPSA) is 99.9 Å². The molecule has 3 atom stereocenters. The van der Waals surface area contributed by atoms with Crippen molar-refractivity contribution < 1.29 is 19.2 Å². The minimum atomic E-state index is -0.558. The highest BCUT2D eigenvalue weighted by atomic mass is 16.5. The highest BCUT2D eigenvalue weighted by Gasteiger charge is 2.32. The van der Waals surface area contributed by atoms with Crippen LogP contribution in [0.5, 0.6) is 0 Å². The zero-order valence-electron chi connectivity index (χ0n) is 17.2. The van der Waals surface area contributed by atoms with Crippen molar-refractivity contribution in [1.82, 2.24) is 20.7 Å². The molecule has 1 aromatic heterocycles. The Morgan fingerprint density at radius 2 is 2.11 bits per heavy atom. The number of hydrogen-bond acceptors (Lipinski definition) is 7. The summed E-state index contributed by atoms with van der Waals surface area (Å²) in [7, 11) is 0. The van der Waals surface area contributed by atoms with Gasteiger partial charge >= 0.3 is 0 Å². The van der Waals surface area contributed by atoms with E-state index < -0.39 is 17.6 Å². The van der Waals surface area contributed by atoms with Gasteiger partial charge in [0.1, 0.15) is 6.10 Å². The van der Waals surface area contributed by atoms with E-state index in [1.165, 1.54) is 0 Å². The summed E-state index contributed by atoms with van der Waals surface area (Å²) >= 11 is 0. The molecule has 2 saturated heterocycles. The lowest BCUT2D eigenvalue weighted by molar-refractivity contribution is -0.134. The number of nitrogens with one attached hydrogen (secondary N) is 2. The Balaban J connectivity index is 1.48. The minimum absolute atomic E-state index is 0.0305. The van der Waals surface area contributed by atoms with Crippen molar-refractivity contribution in [1.29, 1.82) is 0 Å². The predicted octanol–water partition coefficient (Wildman–Crippen LogP) is 0.693. The van der Waals surface area contributed by atoms with E-state index in [4.69, 9.17) is 9.26 Å². The van der Waals surface area contributed by atoms with E-state index in [-0.39, 0.29) is 12.0 Å². The second-order valence-electron chi connectivity index (χ2n) is 8.92. The third-order valence-corrected chi connectivity index (χ3v) is 5.36. The molecule has 8 heteroatoms. The van der Waals surface area contributed by atoms with Crippen LogP contribution in [0.15, 0.2) is 10.6 Å². The number of piperazine rings is 1. The van der Waals surface area contributed by atoms with Gasteiger partial charge in [0.25, 0.3) is 0 Å². The molecule has 0 radical (unpaired) electrons. The first-order valence-corrected chi connectivity index (χ1v) is 10.3. The Kier molecular flexibility index (Phi) is 7.09. The molecular formula is C20H34N4O4. The minimum Gasteiger partial charge on any atom is -0.390 e. The molecule has 1 aromatic rings. The molecule has 2 aliphatic rings. The summed E-state index contributed by atoms with van der Waals surface area (Å²) in [6, 6.07) is 2.01. The molecule has 0 saturated carbocycles. The fraction of sp³-hybridized carbons (Fsp3) is 0.800. The Hall–Kier alpha value is -1.48. The summed E-state index contributed by atoms with van der Waals surface area (Å²) in [6.45, 7) is 10.7. The molecule has 28 heavy (non-hydrogen) atoms. The molecule has 3 N–H and O–H groups in total. The smallest absolute Gasteiger partial charge is 0.225 e. The highest BCUT2D eigenvalue weighted by Crippen LogP contribution is 2.23. The third kappa shape index (κ3) is 6.01. The molecule has 8 nitrogen and oxygen atoms in total. The zero-order valence-corrected chi connectivity index (χ0v) is 17.2. The number of carbonyl (C=O) groups excluding carboxylic acids is 1. The lowest BCUT2D eigenvalue weighted by atomic mass is 9.95. The maximum atomic E-state index is 12.1. The third-order valence-electron chi connectivity index (χ3n) is 5.36. The van der Waals surface area contributed by atoms with E-state index >= 15 is 0 Å². The summed E-state index contributed by atoms with van der Waals surface area (Å²) in [5.41, 5.74) is 0.421. The predicted molar refractivity (Wildman–Crippen MR) is 105 cm³/mol. The molecule has 0 spiro atoms. The first kappa shape index (κ1) is 21.2. The SMILES string of the molecule is CC(C)(C)C(=O)NCC1OC(Cc2cc(CN3CCNCC3)on2)CCC1O. The number of aliphatic hydroxyl groups excluding tert-OH is 1. The number of rotatable bonds is 6. The van der Waals surface area contributed by atoms with Crippen molar-refractivity contribution in [2.45, 2.75) is 64.9 Å². The summed E-state index contributed by atoms with van der Waals surface area (Å²) in [5, 5.41) is 20.7. The van der Waals surface area contributed by atoms with E-state index in [1.807, 2.05) is 26.8 Å². The van der Waals surface area contributed by atoms with Crippen molar-refractivity contribution in [3.05, 3.63) is 17.5 Å². The van der Waals surface area contributed by atoms with Crippen LogP contribution in [-0.4, -0.2) is 72.1 Å². The number of aliphatic hydroxyl groups is 1. The van der Waals surface area contributed by atoms with Crippen LogP contribution in [0.2, 0.25) is 0 Å². The fourth-order valence-electron chi connectivity index (χ4n) is 3.59. The second kappa shape index (κ2) is 9.35. The second-order valence-corrected chi connectivity index (χ2v) is 8.92. The molecular weight excluding hydrogens is 360 g/mol. The summed E-state index contributed by atoms with van der Waals surface area (Å²) in [4.78, 5) is 14.4. The van der Waals surface area contributed by atoms with Gasteiger partial charge in [0.05, 0.1) is 24.4 Å². The standard InChI is InChI=1S/C20H34N4O4/c1-20(2,3)19(26)22-12-18-17(25)5-4-15(27-18)10-14-11-16(28-23-14)13-24-8-6-21-7-9-24/h11,15,17-18,21,25H,4-10,12-13H2,1-3H3,(H,22,26). The van der Waals surface area contributed by atoms with E-state index in [9.17, 15) is 9.90 Å². The van der Waals surface area contributed by atoms with Gasteiger partial charge in [0.2, 0.25) is 5.91 Å². The van der Waals surface area contributed by atoms with E-state index in [0.29, 0.717) is 19.4 Å². The van der Waals surface area contributed by atoms with E-state index in [1.54, 1.807) is 0 Å². The van der Waals surface area contributed by atoms with Crippen molar-refractivity contribution >= 4 is 5.91 Å². The Morgan fingerprint density at radius 1 is 1.36 bits per heavy atom. The van der Waals surface area contributed by atoms with Gasteiger partial charge in [0.15, 0.2) is 5.76 Å². The Bertz CT molecular complexity index is 636. The van der Waals surface area contributed by atoms with Crippen LogP contribution in [-0.2, 0) is 22.5 Å². The number of nitrogens with zero attached hydrogens (tertiary/aromatic N) is 2. The van der Waals surface area contributed by atoms with Crippen molar-refractivity contribution in [3.63, 3.8) is 0 Å². The molecule has 2 fully saturated rings. The van der Waals surface area contributed by atoms with Gasteiger partial charge in [-0.2, -0.15) is 0 Å². The summed E-state index contributed by atoms with van der Waals surface area (Å²) < 4.78 is 11.6. The Labute approximate surface area is 167 Å². The van der Waals surface area contributed by atoms with Gasteiger partial charge in [0, 0.05) is 50.6 Å². The molecule has 158 valence electrons. The van der Waals surface area contributed by atoms with Crippen LogP contribution < -0.4 is 10.6 Å². The number of amides is 1. The lowest BCUT2D eigenvalue weighted by Crippen LogP contribution is -2.48. The maximum absolute atomic E-state index is 12.1. The average molecular weight is 395 g/mol. The lowest BCUT2D eigenvalue weighted by Gasteiger charge is -2.34. The number of ether oxygens (including phenoxy) is 1. The highest BCUT2D eigenvalue weighted by molar-refractivity contribution is 5.81. The molecule has 2 aliphatic heterocycles. The fourth-order valence-corrected chi connectivity index (χ4v) is 3.59. The van der Waals surface area contributed by atoms with E-state index in [0.717, 1.165) is 50.6 Å². The molecule has 0 aliphatic carbocycles. The van der Waals surface area contributed by atoms with Gasteiger partial charge in [-0.15, -0.1) is 0 Å². The van der Waals surface area contributed by atoms with Gasteiger partial charge < -0.3 is 25.0 Å². The first-order chi connectivity index (χ1) is 13.3. The normalized spacial score (nSPS) is 26.9. The summed E-state index contributed by atoms with van der Waals surface area (Å²) in [5.74, 6) is 0.834. The van der Waals surface area contributed by atoms with Crippen LogP contribution in [0.4, 0.5) is 0 Å². The number of hydrogen-bond donors (Lipinski definition) is 3. The Morgan fingerprint density at radius 3 is 2.82 bits per heavy atom. The van der Waals surface area contributed by atoms with Crippen LogP contribution in [0, 0.1) is 5.41 Å². The van der Waals surface area contributed by atoms with Crippen molar-refractivity contribution in [2.75, 3.05) is 32.7 Å². The van der Waals surface area contributed by atoms with E-state index in [2.05, 4.69) is 20.7 Å². The van der Waals surface area contributed by atoms with Gasteiger partial charge in [-0.05, 0) is 12.8 Å². The molecule has 3 unspecified atom stereocenters. The van der Waals surface area contributed by atoms with Crippen molar-refractivity contribution in [2.24, 2.45) is 5.41 Å². The molecule has 3 rings (SSSR count). The van der Waals surface area contributed by atoms with Crippen LogP contribution in [0.3, 0.4) is 0 Å². The zero-order chi connectivity index (χ0) is 20.1. The van der Waals surface area contributed by atoms with Gasteiger partial charge in [-0.3, -0.25) is 9.69 Å². The average Bonchev–Trinajstić information content (AvgIpc) is 3.08. The maximum Gasteiger partial charge on any atom is 0.225 e.